The Balaban J connectivity index is 5.19. The van der Waals surface area contributed by atoms with E-state index in [1.54, 1.807) is 0 Å². The lowest BCUT2D eigenvalue weighted by Crippen LogP contribution is -2.48. The molecule has 0 aliphatic rings. The van der Waals surface area contributed by atoms with E-state index in [1.807, 2.05) is 0 Å². The zero-order chi connectivity index (χ0) is 39.0. The number of hydrogen-bond donors (Lipinski definition) is 5. The molecule has 314 valence electrons. The van der Waals surface area contributed by atoms with Gasteiger partial charge in [-0.15, -0.1) is 0 Å². The molecule has 0 rings (SSSR count). The Hall–Kier alpha value is -1.59. The van der Waals surface area contributed by atoms with Crippen molar-refractivity contribution in [1.82, 2.24) is 15.5 Å². The van der Waals surface area contributed by atoms with Crippen LogP contribution in [0.5, 0.6) is 0 Å². The van der Waals surface area contributed by atoms with E-state index < -0.39 is 29.9 Å². The number of hydrogen-bond acceptors (Lipinski definition) is 9. The van der Waals surface area contributed by atoms with Crippen LogP contribution < -0.4 is 27.8 Å². The second-order valence-electron chi connectivity index (χ2n) is 15.4. The van der Waals surface area contributed by atoms with E-state index in [1.165, 1.54) is 128 Å². The van der Waals surface area contributed by atoms with E-state index in [9.17, 15) is 14.4 Å². The number of rotatable bonds is 42. The third kappa shape index (κ3) is 33.5. The summed E-state index contributed by atoms with van der Waals surface area (Å²) in [7, 11) is 0. The fourth-order valence-corrected chi connectivity index (χ4v) is 6.99. The number of ether oxygens (including phenoxy) is 1. The van der Waals surface area contributed by atoms with Crippen molar-refractivity contribution in [2.45, 2.75) is 212 Å². The summed E-state index contributed by atoms with van der Waals surface area (Å²) in [5.74, 6) is -1.83. The van der Waals surface area contributed by atoms with Gasteiger partial charge in [-0.1, -0.05) is 155 Å². The molecule has 0 aliphatic carbocycles. The molecule has 10 heteroatoms. The molecule has 2 atom stereocenters. The molecule has 8 N–H and O–H groups in total. The molecule has 53 heavy (non-hydrogen) atoms. The molecule has 1 amide bonds. The molecule has 0 radical (unpaired) electrons. The molecule has 0 fully saturated rings. The van der Waals surface area contributed by atoms with Crippen LogP contribution in [0.3, 0.4) is 0 Å². The van der Waals surface area contributed by atoms with Crippen LogP contribution in [0.2, 0.25) is 0 Å². The maximum absolute atomic E-state index is 13.7. The van der Waals surface area contributed by atoms with E-state index in [4.69, 9.17) is 21.9 Å². The first-order valence-electron chi connectivity index (χ1n) is 22.5. The zero-order valence-corrected chi connectivity index (χ0v) is 34.9. The number of amides is 1. The minimum Gasteiger partial charge on any atom is -0.391 e. The van der Waals surface area contributed by atoms with Gasteiger partial charge in [-0.2, -0.15) is 0 Å². The van der Waals surface area contributed by atoms with E-state index in [2.05, 4.69) is 29.4 Å². The average molecular weight is 753 g/mol. The molecule has 0 aliphatic heterocycles. The number of esters is 2. The Morgan fingerprint density at radius 3 is 1.34 bits per heavy atom. The van der Waals surface area contributed by atoms with Gasteiger partial charge in [-0.25, -0.2) is 9.59 Å². The Morgan fingerprint density at radius 1 is 0.528 bits per heavy atom. The fourth-order valence-electron chi connectivity index (χ4n) is 6.99. The molecule has 0 unspecified atom stereocenters. The summed E-state index contributed by atoms with van der Waals surface area (Å²) in [6.45, 7) is 9.15. The Labute approximate surface area is 327 Å². The molecule has 0 bridgehead atoms. The minimum atomic E-state index is -0.862. The molecule has 0 aromatic heterocycles. The zero-order valence-electron chi connectivity index (χ0n) is 34.9. The fraction of sp³-hybridized carbons (Fsp3) is 0.930. The number of carbonyl (C=O) groups is 3. The van der Waals surface area contributed by atoms with Crippen molar-refractivity contribution in [3.8, 4) is 0 Å². The first kappa shape index (κ1) is 51.4. The lowest BCUT2D eigenvalue weighted by molar-refractivity contribution is -0.166. The number of nitrogens with two attached hydrogens (primary N) is 3. The Kier molecular flexibility index (Phi) is 38.9. The number of primary amides is 1. The van der Waals surface area contributed by atoms with Crippen molar-refractivity contribution in [3.63, 3.8) is 0 Å². The summed E-state index contributed by atoms with van der Waals surface area (Å²) in [5.41, 5.74) is 17.0. The minimum absolute atomic E-state index is 0.154. The second kappa shape index (κ2) is 40.1. The van der Waals surface area contributed by atoms with Gasteiger partial charge in [0.2, 0.25) is 5.91 Å². The molecular weight excluding hydrogens is 665 g/mol. The van der Waals surface area contributed by atoms with Crippen LogP contribution in [0.1, 0.15) is 200 Å². The first-order chi connectivity index (χ1) is 25.9. The van der Waals surface area contributed by atoms with Crippen molar-refractivity contribution in [2.75, 3.05) is 45.8 Å². The second-order valence-corrected chi connectivity index (χ2v) is 15.4. The molecule has 0 saturated heterocycles. The summed E-state index contributed by atoms with van der Waals surface area (Å²) in [6.07, 6.45) is 32.8. The van der Waals surface area contributed by atoms with Crippen LogP contribution in [-0.4, -0.2) is 80.6 Å². The maximum Gasteiger partial charge on any atom is 0.331 e. The van der Waals surface area contributed by atoms with Crippen molar-refractivity contribution in [3.05, 3.63) is 0 Å². The SMILES string of the molecule is CCCCCCCCCCCCCCN(CCCCCCCCCCCCCC)[C@@H](CC(N)=O)C(=O)OC(=O)[C@H](CCCNCCCN)NCCCN. The lowest BCUT2D eigenvalue weighted by atomic mass is 10.0. The van der Waals surface area contributed by atoms with Gasteiger partial charge in [0.15, 0.2) is 0 Å². The predicted octanol–water partition coefficient (Wildman–Crippen LogP) is 8.03. The average Bonchev–Trinajstić information content (AvgIpc) is 3.14. The molecule has 0 saturated carbocycles. The smallest absolute Gasteiger partial charge is 0.331 e. The number of carbonyl (C=O) groups excluding carboxylic acids is 3. The summed E-state index contributed by atoms with van der Waals surface area (Å²) >= 11 is 0. The topological polar surface area (TPSA) is 166 Å². The van der Waals surface area contributed by atoms with E-state index >= 15 is 0 Å². The third-order valence-corrected chi connectivity index (χ3v) is 10.4. The molecular formula is C43H88N6O4. The highest BCUT2D eigenvalue weighted by molar-refractivity contribution is 5.93. The largest absolute Gasteiger partial charge is 0.391 e. The standard InChI is InChI=1S/C43H88N6O4/c1-3-5-7-9-11-13-15-17-19-21-23-25-36-49(37-26-24-22-20-18-16-14-12-10-8-6-4-2)40(38-41(46)50)43(52)53-42(51)39(48-35-29-32-45)30-27-33-47-34-28-31-44/h39-40,47-48H,3-38,44-45H2,1-2H3,(H2,46,50)/t39-,40-/m0/s1. The van der Waals surface area contributed by atoms with Gasteiger partial charge in [0, 0.05) is 0 Å². The highest BCUT2D eigenvalue weighted by Crippen LogP contribution is 2.17. The van der Waals surface area contributed by atoms with E-state index in [0.29, 0.717) is 45.6 Å². The van der Waals surface area contributed by atoms with Gasteiger partial charge in [-0.05, 0) is 84.3 Å². The van der Waals surface area contributed by atoms with Crippen LogP contribution in [0, 0.1) is 0 Å². The summed E-state index contributed by atoms with van der Waals surface area (Å²) in [4.78, 5) is 41.4. The van der Waals surface area contributed by atoms with Gasteiger partial charge in [-0.3, -0.25) is 9.69 Å². The van der Waals surface area contributed by atoms with Gasteiger partial charge in [0.1, 0.15) is 12.1 Å². The molecule has 0 aromatic rings. The van der Waals surface area contributed by atoms with Gasteiger partial charge < -0.3 is 32.6 Å². The highest BCUT2D eigenvalue weighted by atomic mass is 16.6. The molecule has 0 heterocycles. The van der Waals surface area contributed by atoms with Crippen molar-refractivity contribution in [2.24, 2.45) is 17.2 Å². The maximum atomic E-state index is 13.7. The molecule has 0 aromatic carbocycles. The number of unbranched alkanes of at least 4 members (excludes halogenated alkanes) is 22. The lowest BCUT2D eigenvalue weighted by Gasteiger charge is -2.30. The number of nitrogens with one attached hydrogen (secondary N) is 2. The van der Waals surface area contributed by atoms with Gasteiger partial charge in [0.25, 0.3) is 0 Å². The highest BCUT2D eigenvalue weighted by Gasteiger charge is 2.32. The van der Waals surface area contributed by atoms with Gasteiger partial charge >= 0.3 is 11.9 Å². The summed E-state index contributed by atoms with van der Waals surface area (Å²) in [5, 5.41) is 6.57. The normalized spacial score (nSPS) is 12.7. The van der Waals surface area contributed by atoms with Crippen molar-refractivity contribution >= 4 is 17.8 Å². The van der Waals surface area contributed by atoms with Crippen molar-refractivity contribution in [1.29, 1.82) is 0 Å². The summed E-state index contributed by atoms with van der Waals surface area (Å²) < 4.78 is 5.55. The Morgan fingerprint density at radius 2 is 0.925 bits per heavy atom. The molecule has 0 spiro atoms. The first-order valence-corrected chi connectivity index (χ1v) is 22.5. The number of nitrogens with zero attached hydrogens (tertiary/aromatic N) is 1. The Bertz CT molecular complexity index is 805. The quantitative estimate of drug-likeness (QED) is 0.0236. The van der Waals surface area contributed by atoms with Crippen LogP contribution in [0.4, 0.5) is 0 Å². The van der Waals surface area contributed by atoms with Crippen LogP contribution in [0.15, 0.2) is 0 Å². The van der Waals surface area contributed by atoms with Crippen molar-refractivity contribution < 1.29 is 19.1 Å². The summed E-state index contributed by atoms with van der Waals surface area (Å²) in [6, 6.07) is -1.49. The van der Waals surface area contributed by atoms with Crippen LogP contribution in [-0.2, 0) is 19.1 Å². The van der Waals surface area contributed by atoms with E-state index in [0.717, 1.165) is 51.6 Å². The predicted molar refractivity (Wildman–Crippen MR) is 224 cm³/mol. The van der Waals surface area contributed by atoms with Crippen LogP contribution >= 0.6 is 0 Å². The van der Waals surface area contributed by atoms with Crippen LogP contribution in [0.25, 0.3) is 0 Å². The monoisotopic (exact) mass is 753 g/mol. The van der Waals surface area contributed by atoms with E-state index in [-0.39, 0.29) is 6.42 Å². The third-order valence-electron chi connectivity index (χ3n) is 10.4. The molecule has 10 nitrogen and oxygen atoms in total. The van der Waals surface area contributed by atoms with Gasteiger partial charge in [0.05, 0.1) is 6.42 Å².